The summed E-state index contributed by atoms with van der Waals surface area (Å²) in [6.07, 6.45) is 5.65. The van der Waals surface area contributed by atoms with Crippen LogP contribution in [0.5, 0.6) is 0 Å². The maximum absolute atomic E-state index is 12.8. The summed E-state index contributed by atoms with van der Waals surface area (Å²) in [4.78, 5) is 29.4. The van der Waals surface area contributed by atoms with Crippen molar-refractivity contribution in [1.29, 1.82) is 0 Å². The molecule has 6 nitrogen and oxygen atoms in total. The molecule has 2 saturated heterocycles. The van der Waals surface area contributed by atoms with E-state index < -0.39 is 11.5 Å². The van der Waals surface area contributed by atoms with Crippen molar-refractivity contribution in [3.8, 4) is 0 Å². The smallest absolute Gasteiger partial charge is 0.229 e. The van der Waals surface area contributed by atoms with Crippen LogP contribution in [0, 0.1) is 11.8 Å². The summed E-state index contributed by atoms with van der Waals surface area (Å²) in [5, 5.41) is 3.05. The van der Waals surface area contributed by atoms with Crippen LogP contribution in [0.1, 0.15) is 12.0 Å². The summed E-state index contributed by atoms with van der Waals surface area (Å²) in [5.74, 6) is -0.805. The zero-order valence-corrected chi connectivity index (χ0v) is 15.6. The van der Waals surface area contributed by atoms with Crippen molar-refractivity contribution >= 4 is 17.5 Å². The summed E-state index contributed by atoms with van der Waals surface area (Å²) >= 11 is 0. The summed E-state index contributed by atoms with van der Waals surface area (Å²) in [5.41, 5.74) is 2.14. The number of likely N-dealkylation sites (tertiary alicyclic amines) is 1. The first-order valence-electron chi connectivity index (χ1n) is 9.82. The number of para-hydroxylation sites is 1. The van der Waals surface area contributed by atoms with E-state index >= 15 is 0 Å². The molecule has 4 atom stereocenters. The molecule has 4 aliphatic heterocycles. The number of ether oxygens (including phenoxy) is 1. The van der Waals surface area contributed by atoms with Crippen molar-refractivity contribution in [2.75, 3.05) is 38.1 Å². The number of amides is 2. The molecule has 0 aromatic heterocycles. The van der Waals surface area contributed by atoms with Crippen LogP contribution in [0.3, 0.4) is 0 Å². The maximum Gasteiger partial charge on any atom is 0.229 e. The largest absolute Gasteiger partial charge is 0.371 e. The predicted octanol–water partition coefficient (Wildman–Crippen LogP) is 0.967. The highest BCUT2D eigenvalue weighted by Crippen LogP contribution is 2.51. The lowest BCUT2D eigenvalue weighted by Crippen LogP contribution is -2.44. The van der Waals surface area contributed by atoms with Gasteiger partial charge >= 0.3 is 0 Å². The third-order valence-electron chi connectivity index (χ3n) is 6.48. The van der Waals surface area contributed by atoms with E-state index in [2.05, 4.69) is 34.5 Å². The standard InChI is InChI=1S/C21H25N3O3/c1-23-13-21-9-7-16(27-21)17(18(21)20(23)26)19(25)22-10-4-11-24-12-8-14-5-2-3-6-15(14)24/h2-3,5-7,9,16-18H,4,8,10-13H2,1H3,(H,22,25)/t16-,17-,18+,21-/m1/s1. The Morgan fingerprint density at radius 1 is 1.37 bits per heavy atom. The van der Waals surface area contributed by atoms with Crippen LogP contribution < -0.4 is 10.2 Å². The Balaban J connectivity index is 1.17. The predicted molar refractivity (Wildman–Crippen MR) is 101 cm³/mol. The van der Waals surface area contributed by atoms with Gasteiger partial charge in [-0.25, -0.2) is 0 Å². The number of carbonyl (C=O) groups is 2. The van der Waals surface area contributed by atoms with Gasteiger partial charge in [0.2, 0.25) is 11.8 Å². The molecule has 6 heteroatoms. The van der Waals surface area contributed by atoms with Crippen LogP contribution in [0.4, 0.5) is 5.69 Å². The fourth-order valence-corrected chi connectivity index (χ4v) is 5.23. The fraction of sp³-hybridized carbons (Fsp3) is 0.524. The number of carbonyl (C=O) groups excluding carboxylic acids is 2. The first-order valence-corrected chi connectivity index (χ1v) is 9.82. The van der Waals surface area contributed by atoms with Gasteiger partial charge in [-0.2, -0.15) is 0 Å². The molecule has 2 fully saturated rings. The molecule has 5 rings (SSSR count). The van der Waals surface area contributed by atoms with Gasteiger partial charge in [-0.1, -0.05) is 30.4 Å². The van der Waals surface area contributed by atoms with Gasteiger partial charge in [0.1, 0.15) is 5.60 Å². The lowest BCUT2D eigenvalue weighted by molar-refractivity contribution is -0.136. The molecule has 27 heavy (non-hydrogen) atoms. The Labute approximate surface area is 159 Å². The van der Waals surface area contributed by atoms with Gasteiger partial charge in [-0.3, -0.25) is 9.59 Å². The van der Waals surface area contributed by atoms with E-state index in [1.807, 2.05) is 12.2 Å². The molecular formula is C21H25N3O3. The third kappa shape index (κ3) is 2.50. The zero-order chi connectivity index (χ0) is 18.6. The normalized spacial score (nSPS) is 32.9. The Hall–Kier alpha value is -2.34. The number of anilines is 1. The number of fused-ring (bicyclic) bond motifs is 2. The topological polar surface area (TPSA) is 61.9 Å². The lowest BCUT2D eigenvalue weighted by atomic mass is 9.77. The Bertz CT molecular complexity index is 823. The number of hydrogen-bond acceptors (Lipinski definition) is 4. The van der Waals surface area contributed by atoms with Crippen LogP contribution in [0.25, 0.3) is 0 Å². The summed E-state index contributed by atoms with van der Waals surface area (Å²) < 4.78 is 6.04. The minimum atomic E-state index is -0.586. The summed E-state index contributed by atoms with van der Waals surface area (Å²) in [6, 6.07) is 8.52. The van der Waals surface area contributed by atoms with Gasteiger partial charge in [0.05, 0.1) is 24.5 Å². The van der Waals surface area contributed by atoms with E-state index in [0.29, 0.717) is 13.1 Å². The quantitative estimate of drug-likeness (QED) is 0.622. The van der Waals surface area contributed by atoms with Gasteiger partial charge in [0.15, 0.2) is 0 Å². The minimum Gasteiger partial charge on any atom is -0.371 e. The Morgan fingerprint density at radius 3 is 3.11 bits per heavy atom. The van der Waals surface area contributed by atoms with Crippen molar-refractivity contribution in [2.24, 2.45) is 11.8 Å². The molecular weight excluding hydrogens is 342 g/mol. The van der Waals surface area contributed by atoms with Crippen LogP contribution in [0.15, 0.2) is 36.4 Å². The molecule has 1 aromatic carbocycles. The molecule has 142 valence electrons. The number of likely N-dealkylation sites (N-methyl/N-ethyl adjacent to an activating group) is 1. The highest BCUT2D eigenvalue weighted by atomic mass is 16.5. The van der Waals surface area contributed by atoms with Crippen LogP contribution in [-0.2, 0) is 20.7 Å². The van der Waals surface area contributed by atoms with E-state index in [9.17, 15) is 9.59 Å². The van der Waals surface area contributed by atoms with Gasteiger partial charge in [0, 0.05) is 32.4 Å². The van der Waals surface area contributed by atoms with E-state index in [4.69, 9.17) is 4.74 Å². The van der Waals surface area contributed by atoms with Crippen LogP contribution >= 0.6 is 0 Å². The maximum atomic E-state index is 12.8. The zero-order valence-electron chi connectivity index (χ0n) is 15.6. The van der Waals surface area contributed by atoms with E-state index in [-0.39, 0.29) is 23.8 Å². The van der Waals surface area contributed by atoms with E-state index in [0.717, 1.165) is 25.9 Å². The average molecular weight is 367 g/mol. The second kappa shape index (κ2) is 6.09. The molecule has 1 N–H and O–H groups in total. The fourth-order valence-electron chi connectivity index (χ4n) is 5.23. The molecule has 2 bridgehead atoms. The summed E-state index contributed by atoms with van der Waals surface area (Å²) in [6.45, 7) is 3.13. The van der Waals surface area contributed by atoms with E-state index in [1.54, 1.807) is 11.9 Å². The van der Waals surface area contributed by atoms with E-state index in [1.165, 1.54) is 11.3 Å². The number of benzene rings is 1. The summed E-state index contributed by atoms with van der Waals surface area (Å²) in [7, 11) is 1.78. The van der Waals surface area contributed by atoms with Crippen molar-refractivity contribution in [2.45, 2.75) is 24.5 Å². The average Bonchev–Trinajstić information content (AvgIpc) is 3.39. The molecule has 2 amide bonds. The number of hydrogen-bond donors (Lipinski definition) is 1. The molecule has 0 aliphatic carbocycles. The first-order chi connectivity index (χ1) is 13.1. The number of nitrogens with one attached hydrogen (secondary N) is 1. The second-order valence-corrected chi connectivity index (χ2v) is 8.10. The molecule has 0 unspecified atom stereocenters. The van der Waals surface area contributed by atoms with Gasteiger partial charge in [0.25, 0.3) is 0 Å². The van der Waals surface area contributed by atoms with Crippen molar-refractivity contribution in [3.05, 3.63) is 42.0 Å². The molecule has 1 spiro atoms. The molecule has 0 radical (unpaired) electrons. The molecule has 4 aliphatic rings. The number of rotatable bonds is 5. The highest BCUT2D eigenvalue weighted by Gasteiger charge is 2.66. The minimum absolute atomic E-state index is 0.0238. The monoisotopic (exact) mass is 367 g/mol. The van der Waals surface area contributed by atoms with Crippen molar-refractivity contribution < 1.29 is 14.3 Å². The second-order valence-electron chi connectivity index (χ2n) is 8.10. The first kappa shape index (κ1) is 16.8. The van der Waals surface area contributed by atoms with Gasteiger partial charge < -0.3 is 19.9 Å². The number of nitrogens with zero attached hydrogens (tertiary/aromatic N) is 2. The van der Waals surface area contributed by atoms with Crippen LogP contribution in [0.2, 0.25) is 0 Å². The van der Waals surface area contributed by atoms with Gasteiger partial charge in [-0.05, 0) is 24.5 Å². The molecule has 4 heterocycles. The Kier molecular flexibility index (Phi) is 3.79. The molecule has 0 saturated carbocycles. The van der Waals surface area contributed by atoms with Crippen molar-refractivity contribution in [3.63, 3.8) is 0 Å². The highest BCUT2D eigenvalue weighted by molar-refractivity contribution is 5.92. The Morgan fingerprint density at radius 2 is 2.22 bits per heavy atom. The van der Waals surface area contributed by atoms with Gasteiger partial charge in [-0.15, -0.1) is 0 Å². The third-order valence-corrected chi connectivity index (χ3v) is 6.48. The van der Waals surface area contributed by atoms with Crippen LogP contribution in [-0.4, -0.2) is 61.6 Å². The van der Waals surface area contributed by atoms with Crippen molar-refractivity contribution in [1.82, 2.24) is 10.2 Å². The SMILES string of the molecule is CN1C[C@@]23C=C[C@@H](O2)[C@@H](C(=O)NCCCN2CCc4ccccc42)[C@H]3C1=O. The lowest BCUT2D eigenvalue weighted by Gasteiger charge is -2.24. The molecule has 1 aromatic rings.